The molecule has 1 aromatic rings. The SMILES string of the molecule is CC(=O)c1cccc(N=[N+]=[N-])c1F. The van der Waals surface area contributed by atoms with E-state index in [0.717, 1.165) is 0 Å². The van der Waals surface area contributed by atoms with Crippen LogP contribution >= 0.6 is 0 Å². The predicted molar refractivity (Wildman–Crippen MR) is 45.2 cm³/mol. The number of nitrogens with zero attached hydrogens (tertiary/aromatic N) is 3. The number of rotatable bonds is 2. The molecule has 0 amide bonds. The largest absolute Gasteiger partial charge is 0.294 e. The molecule has 5 heteroatoms. The van der Waals surface area contributed by atoms with Gasteiger partial charge in [-0.15, -0.1) is 0 Å². The van der Waals surface area contributed by atoms with E-state index in [1.807, 2.05) is 0 Å². The number of ketones is 1. The van der Waals surface area contributed by atoms with Gasteiger partial charge in [0.1, 0.15) is 5.82 Å². The van der Waals surface area contributed by atoms with Gasteiger partial charge in [0.15, 0.2) is 5.78 Å². The van der Waals surface area contributed by atoms with Crippen molar-refractivity contribution in [3.63, 3.8) is 0 Å². The molecule has 0 spiro atoms. The Hall–Kier alpha value is -1.87. The van der Waals surface area contributed by atoms with Gasteiger partial charge < -0.3 is 0 Å². The monoisotopic (exact) mass is 179 g/mol. The Morgan fingerprint density at radius 3 is 2.85 bits per heavy atom. The Labute approximate surface area is 73.6 Å². The first kappa shape index (κ1) is 9.22. The zero-order valence-electron chi connectivity index (χ0n) is 6.86. The number of hydrogen-bond acceptors (Lipinski definition) is 2. The maximum absolute atomic E-state index is 13.2. The van der Waals surface area contributed by atoms with E-state index < -0.39 is 11.6 Å². The van der Waals surface area contributed by atoms with Gasteiger partial charge in [0, 0.05) is 4.91 Å². The van der Waals surface area contributed by atoms with Gasteiger partial charge in [-0.25, -0.2) is 4.39 Å². The molecule has 0 saturated heterocycles. The van der Waals surface area contributed by atoms with E-state index in [0.29, 0.717) is 0 Å². The van der Waals surface area contributed by atoms with Crippen molar-refractivity contribution in [1.82, 2.24) is 0 Å². The Balaban J connectivity index is 3.34. The molecule has 0 N–H and O–H groups in total. The van der Waals surface area contributed by atoms with E-state index in [4.69, 9.17) is 5.53 Å². The number of benzene rings is 1. The number of carbonyl (C=O) groups is 1. The van der Waals surface area contributed by atoms with Gasteiger partial charge in [-0.1, -0.05) is 11.2 Å². The molecule has 0 saturated carbocycles. The number of hydrogen-bond donors (Lipinski definition) is 0. The van der Waals surface area contributed by atoms with Crippen molar-refractivity contribution in [2.75, 3.05) is 0 Å². The predicted octanol–water partition coefficient (Wildman–Crippen LogP) is 2.97. The zero-order valence-corrected chi connectivity index (χ0v) is 6.86. The summed E-state index contributed by atoms with van der Waals surface area (Å²) in [5, 5.41) is 3.10. The van der Waals surface area contributed by atoms with Crippen LogP contribution in [0.5, 0.6) is 0 Å². The second-order valence-electron chi connectivity index (χ2n) is 2.38. The molecule has 0 radical (unpaired) electrons. The van der Waals surface area contributed by atoms with E-state index in [9.17, 15) is 9.18 Å². The lowest BCUT2D eigenvalue weighted by molar-refractivity contribution is 0.101. The molecular formula is C8H6FN3O. The van der Waals surface area contributed by atoms with Gasteiger partial charge in [0.25, 0.3) is 0 Å². The first-order valence-electron chi connectivity index (χ1n) is 3.51. The minimum atomic E-state index is -0.771. The molecule has 0 fully saturated rings. The van der Waals surface area contributed by atoms with Gasteiger partial charge in [0.05, 0.1) is 11.3 Å². The van der Waals surface area contributed by atoms with Crippen LogP contribution in [-0.2, 0) is 0 Å². The van der Waals surface area contributed by atoms with Gasteiger partial charge in [-0.3, -0.25) is 4.79 Å². The highest BCUT2D eigenvalue weighted by molar-refractivity contribution is 5.95. The van der Waals surface area contributed by atoms with Crippen molar-refractivity contribution >= 4 is 11.5 Å². The van der Waals surface area contributed by atoms with Crippen molar-refractivity contribution < 1.29 is 9.18 Å². The fourth-order valence-electron chi connectivity index (χ4n) is 0.917. The van der Waals surface area contributed by atoms with E-state index in [1.54, 1.807) is 0 Å². The summed E-state index contributed by atoms with van der Waals surface area (Å²) in [4.78, 5) is 13.3. The number of halogens is 1. The highest BCUT2D eigenvalue weighted by Gasteiger charge is 2.09. The molecule has 66 valence electrons. The summed E-state index contributed by atoms with van der Waals surface area (Å²) < 4.78 is 13.2. The smallest absolute Gasteiger partial charge is 0.162 e. The van der Waals surface area contributed by atoms with E-state index in [-0.39, 0.29) is 11.3 Å². The van der Waals surface area contributed by atoms with E-state index >= 15 is 0 Å². The summed E-state index contributed by atoms with van der Waals surface area (Å²) >= 11 is 0. The molecule has 1 aromatic carbocycles. The van der Waals surface area contributed by atoms with Crippen LogP contribution in [0.4, 0.5) is 10.1 Å². The van der Waals surface area contributed by atoms with Crippen LogP contribution in [-0.4, -0.2) is 5.78 Å². The molecule has 4 nitrogen and oxygen atoms in total. The van der Waals surface area contributed by atoms with Crippen LogP contribution in [0, 0.1) is 5.82 Å². The summed E-state index contributed by atoms with van der Waals surface area (Å²) in [5.41, 5.74) is 7.86. The average molecular weight is 179 g/mol. The maximum atomic E-state index is 13.2. The third-order valence-electron chi connectivity index (χ3n) is 1.51. The Bertz CT molecular complexity index is 376. The number of azide groups is 1. The molecule has 0 heterocycles. The summed E-state index contributed by atoms with van der Waals surface area (Å²) in [6.45, 7) is 1.25. The van der Waals surface area contributed by atoms with Crippen LogP contribution in [0.2, 0.25) is 0 Å². The molecule has 0 aromatic heterocycles. The lowest BCUT2D eigenvalue weighted by Gasteiger charge is -1.99. The summed E-state index contributed by atoms with van der Waals surface area (Å²) in [5.74, 6) is -1.17. The fourth-order valence-corrected chi connectivity index (χ4v) is 0.917. The van der Waals surface area contributed by atoms with Crippen LogP contribution in [0.3, 0.4) is 0 Å². The third-order valence-corrected chi connectivity index (χ3v) is 1.51. The molecule has 0 aliphatic heterocycles. The van der Waals surface area contributed by atoms with Crippen LogP contribution in [0.1, 0.15) is 17.3 Å². The van der Waals surface area contributed by atoms with E-state index in [1.165, 1.54) is 25.1 Å². The Morgan fingerprint density at radius 1 is 1.62 bits per heavy atom. The van der Waals surface area contributed by atoms with Crippen molar-refractivity contribution in [3.8, 4) is 0 Å². The fraction of sp³-hybridized carbons (Fsp3) is 0.125. The second-order valence-corrected chi connectivity index (χ2v) is 2.38. The Kier molecular flexibility index (Phi) is 2.62. The molecule has 0 aliphatic carbocycles. The van der Waals surface area contributed by atoms with Crippen LogP contribution < -0.4 is 0 Å². The summed E-state index contributed by atoms with van der Waals surface area (Å²) in [7, 11) is 0. The van der Waals surface area contributed by atoms with Crippen molar-refractivity contribution in [2.45, 2.75) is 6.92 Å². The molecule has 13 heavy (non-hydrogen) atoms. The van der Waals surface area contributed by atoms with E-state index in [2.05, 4.69) is 10.0 Å². The average Bonchev–Trinajstić information content (AvgIpc) is 2.08. The molecule has 1 rings (SSSR count). The maximum Gasteiger partial charge on any atom is 0.162 e. The summed E-state index contributed by atoms with van der Waals surface area (Å²) in [6, 6.07) is 4.11. The first-order valence-corrected chi connectivity index (χ1v) is 3.51. The number of carbonyl (C=O) groups excluding carboxylic acids is 1. The highest BCUT2D eigenvalue weighted by atomic mass is 19.1. The lowest BCUT2D eigenvalue weighted by Crippen LogP contribution is -1.95. The standard InChI is InChI=1S/C8H6FN3O/c1-5(13)6-3-2-4-7(8(6)9)11-12-10/h2-4H,1H3. The first-order chi connectivity index (χ1) is 6.16. The third kappa shape index (κ3) is 1.83. The van der Waals surface area contributed by atoms with Gasteiger partial charge in [0.2, 0.25) is 0 Å². The number of Topliss-reactive ketones (excluding diaryl/α,β-unsaturated/α-hetero) is 1. The van der Waals surface area contributed by atoms with Crippen molar-refractivity contribution in [2.24, 2.45) is 5.11 Å². The van der Waals surface area contributed by atoms with Gasteiger partial charge >= 0.3 is 0 Å². The molecule has 0 aliphatic rings. The minimum absolute atomic E-state index is 0.0649. The highest BCUT2D eigenvalue weighted by Crippen LogP contribution is 2.21. The van der Waals surface area contributed by atoms with Crippen LogP contribution in [0.15, 0.2) is 23.3 Å². The molecule has 0 atom stereocenters. The van der Waals surface area contributed by atoms with Crippen molar-refractivity contribution in [3.05, 3.63) is 40.0 Å². The zero-order chi connectivity index (χ0) is 9.84. The molecule has 0 bridgehead atoms. The molecular weight excluding hydrogens is 173 g/mol. The lowest BCUT2D eigenvalue weighted by atomic mass is 10.1. The Morgan fingerprint density at radius 2 is 2.31 bits per heavy atom. The minimum Gasteiger partial charge on any atom is -0.294 e. The van der Waals surface area contributed by atoms with Crippen molar-refractivity contribution in [1.29, 1.82) is 0 Å². The topological polar surface area (TPSA) is 65.8 Å². The quantitative estimate of drug-likeness (QED) is 0.298. The normalized spacial score (nSPS) is 9.08. The van der Waals surface area contributed by atoms with Gasteiger partial charge in [-0.05, 0) is 24.6 Å². The van der Waals surface area contributed by atoms with Gasteiger partial charge in [-0.2, -0.15) is 0 Å². The summed E-state index contributed by atoms with van der Waals surface area (Å²) in [6.07, 6.45) is 0. The molecule has 0 unspecified atom stereocenters. The second kappa shape index (κ2) is 3.69. The van der Waals surface area contributed by atoms with Crippen LogP contribution in [0.25, 0.3) is 10.4 Å².